The SMILES string of the molecule is CCOc1cc(CN2CCCn3c4c(c5cc(C)ccc53)CCC[C@H]42)ccc1O. The van der Waals surface area contributed by atoms with Gasteiger partial charge in [-0.25, -0.2) is 0 Å². The van der Waals surface area contributed by atoms with E-state index in [2.05, 4.69) is 34.6 Å². The molecule has 2 aliphatic rings. The minimum Gasteiger partial charge on any atom is -0.504 e. The van der Waals surface area contributed by atoms with Gasteiger partial charge in [0.1, 0.15) is 0 Å². The molecule has 0 saturated carbocycles. The molecule has 1 aliphatic carbocycles. The molecule has 2 heterocycles. The van der Waals surface area contributed by atoms with Crippen molar-refractivity contribution in [3.05, 3.63) is 58.8 Å². The van der Waals surface area contributed by atoms with Crippen LogP contribution in [0.25, 0.3) is 10.9 Å². The van der Waals surface area contributed by atoms with Gasteiger partial charge in [-0.05, 0) is 74.9 Å². The van der Waals surface area contributed by atoms with Crippen LogP contribution in [0.15, 0.2) is 36.4 Å². The van der Waals surface area contributed by atoms with E-state index in [0.717, 1.165) is 26.1 Å². The summed E-state index contributed by atoms with van der Waals surface area (Å²) in [6.45, 7) is 7.80. The highest BCUT2D eigenvalue weighted by atomic mass is 16.5. The summed E-state index contributed by atoms with van der Waals surface area (Å²) in [5.41, 5.74) is 7.10. The van der Waals surface area contributed by atoms with Crippen molar-refractivity contribution in [1.82, 2.24) is 9.47 Å². The van der Waals surface area contributed by atoms with Crippen LogP contribution in [0.5, 0.6) is 11.5 Å². The number of ether oxygens (including phenoxy) is 1. The van der Waals surface area contributed by atoms with E-state index in [1.807, 2.05) is 19.1 Å². The van der Waals surface area contributed by atoms with Crippen LogP contribution in [-0.4, -0.2) is 27.7 Å². The minimum atomic E-state index is 0.224. The standard InChI is InChI=1S/C25H30N2O2/c1-3-29-24-15-18(9-11-23(24)28)16-26-12-5-13-27-21-10-8-17(2)14-20(21)19-6-4-7-22(26)25(19)27/h8-11,14-15,22,28H,3-7,12-13,16H2,1-2H3/t22-/m1/s1. The topological polar surface area (TPSA) is 37.6 Å². The molecule has 0 spiro atoms. The molecule has 0 radical (unpaired) electrons. The number of hydrogen-bond acceptors (Lipinski definition) is 3. The number of aromatic hydroxyl groups is 1. The maximum Gasteiger partial charge on any atom is 0.161 e. The van der Waals surface area contributed by atoms with E-state index < -0.39 is 0 Å². The lowest BCUT2D eigenvalue weighted by Gasteiger charge is -2.33. The second kappa shape index (κ2) is 7.42. The molecule has 0 saturated heterocycles. The zero-order valence-corrected chi connectivity index (χ0v) is 17.4. The number of nitrogens with zero attached hydrogens (tertiary/aromatic N) is 2. The second-order valence-corrected chi connectivity index (χ2v) is 8.50. The first-order chi connectivity index (χ1) is 14.2. The van der Waals surface area contributed by atoms with Crippen molar-refractivity contribution < 1.29 is 9.84 Å². The maximum atomic E-state index is 10.1. The fourth-order valence-corrected chi connectivity index (χ4v) is 5.35. The molecular weight excluding hydrogens is 360 g/mol. The Labute approximate surface area is 172 Å². The number of phenols is 1. The Morgan fingerprint density at radius 1 is 1.10 bits per heavy atom. The van der Waals surface area contributed by atoms with Crippen LogP contribution >= 0.6 is 0 Å². The first-order valence-electron chi connectivity index (χ1n) is 11.0. The molecule has 3 aromatic rings. The van der Waals surface area contributed by atoms with Crippen LogP contribution < -0.4 is 4.74 Å². The first-order valence-corrected chi connectivity index (χ1v) is 11.0. The molecule has 29 heavy (non-hydrogen) atoms. The molecule has 1 aliphatic heterocycles. The summed E-state index contributed by atoms with van der Waals surface area (Å²) in [7, 11) is 0. The summed E-state index contributed by atoms with van der Waals surface area (Å²) >= 11 is 0. The molecule has 0 amide bonds. The highest BCUT2D eigenvalue weighted by Gasteiger charge is 2.33. The molecule has 4 nitrogen and oxygen atoms in total. The smallest absolute Gasteiger partial charge is 0.161 e. The zero-order valence-electron chi connectivity index (χ0n) is 17.4. The molecule has 0 unspecified atom stereocenters. The van der Waals surface area contributed by atoms with Crippen molar-refractivity contribution in [2.24, 2.45) is 0 Å². The largest absolute Gasteiger partial charge is 0.504 e. The first kappa shape index (κ1) is 18.6. The van der Waals surface area contributed by atoms with E-state index in [4.69, 9.17) is 4.74 Å². The molecule has 1 aromatic heterocycles. The fraction of sp³-hybridized carbons (Fsp3) is 0.440. The molecule has 1 atom stereocenters. The number of aromatic nitrogens is 1. The lowest BCUT2D eigenvalue weighted by Crippen LogP contribution is -2.31. The summed E-state index contributed by atoms with van der Waals surface area (Å²) in [4.78, 5) is 2.65. The molecule has 0 bridgehead atoms. The average molecular weight is 391 g/mol. The molecular formula is C25H30N2O2. The Morgan fingerprint density at radius 2 is 2.00 bits per heavy atom. The monoisotopic (exact) mass is 390 g/mol. The predicted octanol–water partition coefficient (Wildman–Crippen LogP) is 5.34. The van der Waals surface area contributed by atoms with E-state index in [1.165, 1.54) is 41.3 Å². The Kier molecular flexibility index (Phi) is 4.75. The third-order valence-corrected chi connectivity index (χ3v) is 6.57. The van der Waals surface area contributed by atoms with Gasteiger partial charge in [-0.3, -0.25) is 4.90 Å². The Bertz CT molecular complexity index is 1050. The lowest BCUT2D eigenvalue weighted by atomic mass is 9.90. The molecule has 2 aromatic carbocycles. The van der Waals surface area contributed by atoms with Crippen LogP contribution in [0.2, 0.25) is 0 Å². The Hall–Kier alpha value is -2.46. The third kappa shape index (κ3) is 3.20. The van der Waals surface area contributed by atoms with Crippen molar-refractivity contribution in [1.29, 1.82) is 0 Å². The predicted molar refractivity (Wildman–Crippen MR) is 117 cm³/mol. The van der Waals surface area contributed by atoms with E-state index in [-0.39, 0.29) is 5.75 Å². The third-order valence-electron chi connectivity index (χ3n) is 6.57. The van der Waals surface area contributed by atoms with Gasteiger partial charge in [-0.1, -0.05) is 17.7 Å². The van der Waals surface area contributed by atoms with E-state index >= 15 is 0 Å². The van der Waals surface area contributed by atoms with Crippen molar-refractivity contribution in [2.45, 2.75) is 58.7 Å². The number of hydrogen-bond donors (Lipinski definition) is 1. The van der Waals surface area contributed by atoms with Crippen LogP contribution in [0, 0.1) is 6.92 Å². The summed E-state index contributed by atoms with van der Waals surface area (Å²) in [6, 6.07) is 13.2. The van der Waals surface area contributed by atoms with Crippen molar-refractivity contribution in [2.75, 3.05) is 13.2 Å². The van der Waals surface area contributed by atoms with Crippen LogP contribution in [0.1, 0.15) is 54.6 Å². The number of benzene rings is 2. The van der Waals surface area contributed by atoms with Gasteiger partial charge in [0, 0.05) is 36.2 Å². The second-order valence-electron chi connectivity index (χ2n) is 8.50. The van der Waals surface area contributed by atoms with Gasteiger partial charge in [0.15, 0.2) is 11.5 Å². The zero-order chi connectivity index (χ0) is 20.0. The molecule has 0 fully saturated rings. The van der Waals surface area contributed by atoms with E-state index in [9.17, 15) is 5.11 Å². The quantitative estimate of drug-likeness (QED) is 0.654. The summed E-state index contributed by atoms with van der Waals surface area (Å²) in [5, 5.41) is 11.5. The highest BCUT2D eigenvalue weighted by molar-refractivity contribution is 5.87. The fourth-order valence-electron chi connectivity index (χ4n) is 5.35. The van der Waals surface area contributed by atoms with E-state index in [1.54, 1.807) is 17.3 Å². The summed E-state index contributed by atoms with van der Waals surface area (Å²) in [6.07, 6.45) is 4.83. The number of aryl methyl sites for hydroxylation is 3. The van der Waals surface area contributed by atoms with Crippen LogP contribution in [0.4, 0.5) is 0 Å². The Morgan fingerprint density at radius 3 is 2.86 bits per heavy atom. The van der Waals surface area contributed by atoms with Gasteiger partial charge in [-0.2, -0.15) is 0 Å². The number of rotatable bonds is 4. The molecule has 1 N–H and O–H groups in total. The van der Waals surface area contributed by atoms with Gasteiger partial charge in [0.05, 0.1) is 12.6 Å². The maximum absolute atomic E-state index is 10.1. The van der Waals surface area contributed by atoms with Crippen molar-refractivity contribution >= 4 is 10.9 Å². The van der Waals surface area contributed by atoms with Crippen LogP contribution in [-0.2, 0) is 19.5 Å². The van der Waals surface area contributed by atoms with Crippen molar-refractivity contribution in [3.63, 3.8) is 0 Å². The molecule has 4 heteroatoms. The molecule has 152 valence electrons. The molecule has 5 rings (SSSR count). The van der Waals surface area contributed by atoms with Gasteiger partial charge in [-0.15, -0.1) is 0 Å². The number of fused-ring (bicyclic) bond motifs is 3. The summed E-state index contributed by atoms with van der Waals surface area (Å²) in [5.74, 6) is 0.815. The minimum absolute atomic E-state index is 0.224. The highest BCUT2D eigenvalue weighted by Crippen LogP contribution is 2.43. The van der Waals surface area contributed by atoms with Gasteiger partial charge < -0.3 is 14.4 Å². The normalized spacial score (nSPS) is 19.2. The van der Waals surface area contributed by atoms with E-state index in [0.29, 0.717) is 18.4 Å². The van der Waals surface area contributed by atoms with Gasteiger partial charge in [0.2, 0.25) is 0 Å². The summed E-state index contributed by atoms with van der Waals surface area (Å²) < 4.78 is 8.22. The van der Waals surface area contributed by atoms with Gasteiger partial charge >= 0.3 is 0 Å². The average Bonchev–Trinajstić information content (AvgIpc) is 2.90. The number of phenolic OH excluding ortho intramolecular Hbond substituents is 1. The van der Waals surface area contributed by atoms with Gasteiger partial charge in [0.25, 0.3) is 0 Å². The van der Waals surface area contributed by atoms with Crippen molar-refractivity contribution in [3.8, 4) is 11.5 Å². The lowest BCUT2D eigenvalue weighted by molar-refractivity contribution is 0.173. The van der Waals surface area contributed by atoms with Crippen LogP contribution in [0.3, 0.4) is 0 Å². The Balaban J connectivity index is 1.53.